The molecule has 21 heavy (non-hydrogen) atoms. The van der Waals surface area contributed by atoms with Gasteiger partial charge in [-0.3, -0.25) is 9.59 Å². The van der Waals surface area contributed by atoms with E-state index in [1.807, 2.05) is 23.6 Å². The summed E-state index contributed by atoms with van der Waals surface area (Å²) in [7, 11) is 0. The topological polar surface area (TPSA) is 49.4 Å². The van der Waals surface area contributed by atoms with E-state index < -0.39 is 6.04 Å². The molecule has 1 aromatic heterocycles. The number of carbonyl (C=O) groups excluding carboxylic acids is 2. The number of thiophene rings is 1. The van der Waals surface area contributed by atoms with Crippen LogP contribution in [0.1, 0.15) is 16.8 Å². The molecule has 2 heterocycles. The lowest BCUT2D eigenvalue weighted by molar-refractivity contribution is -0.118. The average molecular weight is 321 g/mol. The fourth-order valence-electron chi connectivity index (χ4n) is 2.36. The summed E-state index contributed by atoms with van der Waals surface area (Å²) in [5.41, 5.74) is 1.28. The van der Waals surface area contributed by atoms with Crippen molar-refractivity contribution in [2.24, 2.45) is 0 Å². The lowest BCUT2D eigenvalue weighted by atomic mass is 10.2. The molecule has 0 spiro atoms. The van der Waals surface area contributed by atoms with Crippen LogP contribution in [0.4, 0.5) is 5.69 Å². The zero-order valence-corrected chi connectivity index (χ0v) is 12.7. The number of para-hydroxylation sites is 1. The molecule has 6 heteroatoms. The normalized spacial score (nSPS) is 18.0. The zero-order chi connectivity index (χ0) is 14.8. The summed E-state index contributed by atoms with van der Waals surface area (Å²) in [6.07, 6.45) is 0.583. The Labute approximate surface area is 131 Å². The number of hydrogen-bond acceptors (Lipinski definition) is 3. The van der Waals surface area contributed by atoms with Gasteiger partial charge < -0.3 is 10.2 Å². The first-order chi connectivity index (χ1) is 10.2. The highest BCUT2D eigenvalue weighted by Gasteiger charge is 2.34. The number of nitrogens with zero attached hydrogens (tertiary/aromatic N) is 1. The molecule has 0 bridgehead atoms. The van der Waals surface area contributed by atoms with Crippen molar-refractivity contribution in [2.75, 3.05) is 11.4 Å². The van der Waals surface area contributed by atoms with Gasteiger partial charge in [-0.1, -0.05) is 23.7 Å². The highest BCUT2D eigenvalue weighted by molar-refractivity contribution is 7.08. The summed E-state index contributed by atoms with van der Waals surface area (Å²) in [6.45, 7) is 0.553. The molecule has 2 aromatic rings. The molecule has 2 amide bonds. The molecular weight excluding hydrogens is 308 g/mol. The number of amides is 2. The number of benzene rings is 1. The molecule has 0 unspecified atom stereocenters. The van der Waals surface area contributed by atoms with Crippen molar-refractivity contribution in [1.29, 1.82) is 0 Å². The van der Waals surface area contributed by atoms with Crippen LogP contribution in [0.25, 0.3) is 0 Å². The quantitative estimate of drug-likeness (QED) is 0.945. The second kappa shape index (κ2) is 5.87. The van der Waals surface area contributed by atoms with Crippen molar-refractivity contribution in [2.45, 2.75) is 12.5 Å². The molecular formula is C15H13ClN2O2S. The van der Waals surface area contributed by atoms with Gasteiger partial charge in [0.15, 0.2) is 0 Å². The number of rotatable bonds is 3. The number of hydrogen-bond donors (Lipinski definition) is 1. The highest BCUT2D eigenvalue weighted by atomic mass is 35.5. The van der Waals surface area contributed by atoms with Crippen molar-refractivity contribution >= 4 is 40.4 Å². The molecule has 1 N–H and O–H groups in total. The second-order valence-corrected chi connectivity index (χ2v) is 5.96. The number of halogens is 1. The Morgan fingerprint density at radius 1 is 1.33 bits per heavy atom. The summed E-state index contributed by atoms with van der Waals surface area (Å²) in [5, 5.41) is 6.92. The Bertz CT molecular complexity index is 672. The maximum atomic E-state index is 12.4. The van der Waals surface area contributed by atoms with Crippen LogP contribution >= 0.6 is 22.9 Å². The monoisotopic (exact) mass is 320 g/mol. The van der Waals surface area contributed by atoms with E-state index in [1.54, 1.807) is 22.4 Å². The maximum absolute atomic E-state index is 12.4. The maximum Gasteiger partial charge on any atom is 0.252 e. The summed E-state index contributed by atoms with van der Waals surface area (Å²) in [6, 6.07) is 8.47. The van der Waals surface area contributed by atoms with E-state index in [0.29, 0.717) is 29.2 Å². The third-order valence-electron chi connectivity index (χ3n) is 3.44. The minimum absolute atomic E-state index is 0.119. The van der Waals surface area contributed by atoms with Gasteiger partial charge >= 0.3 is 0 Å². The van der Waals surface area contributed by atoms with Crippen LogP contribution in [-0.4, -0.2) is 24.4 Å². The first-order valence-electron chi connectivity index (χ1n) is 6.56. The largest absolute Gasteiger partial charge is 0.340 e. The summed E-state index contributed by atoms with van der Waals surface area (Å²) >= 11 is 7.58. The molecule has 1 aliphatic heterocycles. The van der Waals surface area contributed by atoms with Crippen LogP contribution in [0.3, 0.4) is 0 Å². The van der Waals surface area contributed by atoms with E-state index in [9.17, 15) is 9.59 Å². The van der Waals surface area contributed by atoms with Crippen LogP contribution in [0, 0.1) is 0 Å². The van der Waals surface area contributed by atoms with Crippen molar-refractivity contribution in [3.63, 3.8) is 0 Å². The van der Waals surface area contributed by atoms with E-state index in [4.69, 9.17) is 11.6 Å². The van der Waals surface area contributed by atoms with Gasteiger partial charge in [0.2, 0.25) is 5.91 Å². The standard InChI is InChI=1S/C15H13ClN2O2S/c16-11-3-1-2-4-13(11)18-7-5-12(15(18)20)17-14(19)10-6-8-21-9-10/h1-4,6,8-9,12H,5,7H2,(H,17,19)/t12-/m0/s1. The van der Waals surface area contributed by atoms with E-state index in [2.05, 4.69) is 5.32 Å². The minimum Gasteiger partial charge on any atom is -0.340 e. The molecule has 4 nitrogen and oxygen atoms in total. The van der Waals surface area contributed by atoms with Crippen LogP contribution in [0.15, 0.2) is 41.1 Å². The summed E-state index contributed by atoms with van der Waals surface area (Å²) in [4.78, 5) is 26.1. The van der Waals surface area contributed by atoms with E-state index in [0.717, 1.165) is 0 Å². The minimum atomic E-state index is -0.492. The average Bonchev–Trinajstić information content (AvgIpc) is 3.11. The SMILES string of the molecule is O=C(N[C@H]1CCN(c2ccccc2Cl)C1=O)c1ccsc1. The molecule has 1 saturated heterocycles. The van der Waals surface area contributed by atoms with Crippen LogP contribution in [0.5, 0.6) is 0 Å². The van der Waals surface area contributed by atoms with Crippen LogP contribution in [-0.2, 0) is 4.79 Å². The molecule has 3 rings (SSSR count). The molecule has 1 aromatic carbocycles. The third kappa shape index (κ3) is 2.80. The Morgan fingerprint density at radius 2 is 2.14 bits per heavy atom. The first kappa shape index (κ1) is 14.1. The van der Waals surface area contributed by atoms with Gasteiger partial charge in [-0.2, -0.15) is 11.3 Å². The molecule has 0 saturated carbocycles. The van der Waals surface area contributed by atoms with E-state index >= 15 is 0 Å². The Kier molecular flexibility index (Phi) is 3.94. The van der Waals surface area contributed by atoms with Crippen molar-refractivity contribution in [3.05, 3.63) is 51.7 Å². The van der Waals surface area contributed by atoms with Crippen molar-refractivity contribution in [1.82, 2.24) is 5.32 Å². The molecule has 1 aliphatic rings. The molecule has 1 fully saturated rings. The van der Waals surface area contributed by atoms with E-state index in [1.165, 1.54) is 11.3 Å². The Morgan fingerprint density at radius 3 is 2.86 bits per heavy atom. The molecule has 0 radical (unpaired) electrons. The van der Waals surface area contributed by atoms with Gasteiger partial charge in [0.05, 0.1) is 16.3 Å². The number of anilines is 1. The molecule has 1 atom stereocenters. The lowest BCUT2D eigenvalue weighted by Crippen LogP contribution is -2.41. The summed E-state index contributed by atoms with van der Waals surface area (Å²) < 4.78 is 0. The molecule has 108 valence electrons. The highest BCUT2D eigenvalue weighted by Crippen LogP contribution is 2.29. The van der Waals surface area contributed by atoms with Crippen molar-refractivity contribution in [3.8, 4) is 0 Å². The second-order valence-electron chi connectivity index (χ2n) is 4.77. The predicted molar refractivity (Wildman–Crippen MR) is 84.0 cm³/mol. The Balaban J connectivity index is 1.72. The fraction of sp³-hybridized carbons (Fsp3) is 0.200. The number of nitrogens with one attached hydrogen (secondary N) is 1. The van der Waals surface area contributed by atoms with Crippen LogP contribution in [0.2, 0.25) is 5.02 Å². The van der Waals surface area contributed by atoms with Crippen molar-refractivity contribution < 1.29 is 9.59 Å². The van der Waals surface area contributed by atoms with Gasteiger partial charge in [0.1, 0.15) is 6.04 Å². The first-order valence-corrected chi connectivity index (χ1v) is 7.88. The number of carbonyl (C=O) groups is 2. The van der Waals surface area contributed by atoms with Gasteiger partial charge in [0, 0.05) is 11.9 Å². The lowest BCUT2D eigenvalue weighted by Gasteiger charge is -2.18. The smallest absolute Gasteiger partial charge is 0.252 e. The summed E-state index contributed by atoms with van der Waals surface area (Å²) in [5.74, 6) is -0.331. The predicted octanol–water partition coefficient (Wildman–Crippen LogP) is 2.94. The third-order valence-corrected chi connectivity index (χ3v) is 4.44. The van der Waals surface area contributed by atoms with E-state index in [-0.39, 0.29) is 11.8 Å². The Hall–Kier alpha value is -1.85. The van der Waals surface area contributed by atoms with Crippen LogP contribution < -0.4 is 10.2 Å². The van der Waals surface area contributed by atoms with Gasteiger partial charge in [-0.05, 0) is 30.0 Å². The zero-order valence-electron chi connectivity index (χ0n) is 11.1. The molecule has 0 aliphatic carbocycles. The fourth-order valence-corrected chi connectivity index (χ4v) is 3.23. The van der Waals surface area contributed by atoms with Gasteiger partial charge in [-0.25, -0.2) is 0 Å². The van der Waals surface area contributed by atoms with Gasteiger partial charge in [0.25, 0.3) is 5.91 Å². The van der Waals surface area contributed by atoms with Gasteiger partial charge in [-0.15, -0.1) is 0 Å².